The number of nitrogens with zero attached hydrogens (tertiary/aromatic N) is 1. The number of anilines is 1. The number of aliphatic hydroxyl groups is 1. The first kappa shape index (κ1) is 15.6. The topological polar surface area (TPSA) is 73.0 Å². The number of allylic oxidation sites excluding steroid dienone is 2. The predicted octanol–water partition coefficient (Wildman–Crippen LogP) is 4.13. The van der Waals surface area contributed by atoms with E-state index in [1.165, 1.54) is 0 Å². The zero-order valence-corrected chi connectivity index (χ0v) is 14.1. The minimum absolute atomic E-state index is 0.173. The molecule has 1 aliphatic heterocycles. The Labute approximate surface area is 150 Å². The molecular formula is C19H17ClN4O. The second-order valence-corrected chi connectivity index (χ2v) is 6.33. The van der Waals surface area contributed by atoms with E-state index in [1.54, 1.807) is 6.20 Å². The van der Waals surface area contributed by atoms with E-state index < -0.39 is 0 Å². The fraction of sp³-hybridized carbons (Fsp3) is 0.105. The van der Waals surface area contributed by atoms with Crippen LogP contribution in [-0.2, 0) is 6.42 Å². The molecule has 1 aliphatic rings. The van der Waals surface area contributed by atoms with Crippen LogP contribution in [0.4, 0.5) is 5.69 Å². The van der Waals surface area contributed by atoms with Gasteiger partial charge in [0.15, 0.2) is 5.88 Å². The lowest BCUT2D eigenvalue weighted by Gasteiger charge is -2.23. The van der Waals surface area contributed by atoms with Crippen LogP contribution in [0.25, 0.3) is 11.0 Å². The summed E-state index contributed by atoms with van der Waals surface area (Å²) in [5, 5.41) is 18.5. The molecule has 126 valence electrons. The lowest BCUT2D eigenvalue weighted by Crippen LogP contribution is -2.36. The average molecular weight is 353 g/mol. The molecule has 3 aromatic rings. The Kier molecular flexibility index (Phi) is 4.07. The molecule has 0 spiro atoms. The van der Waals surface area contributed by atoms with Gasteiger partial charge in [-0.2, -0.15) is 0 Å². The second kappa shape index (κ2) is 6.53. The Morgan fingerprint density at radius 3 is 2.84 bits per heavy atom. The highest BCUT2D eigenvalue weighted by Crippen LogP contribution is 2.22. The van der Waals surface area contributed by atoms with Crippen LogP contribution in [0.3, 0.4) is 0 Å². The minimum Gasteiger partial charge on any atom is -0.495 e. The molecule has 1 unspecified atom stereocenters. The van der Waals surface area contributed by atoms with Crippen molar-refractivity contribution in [1.82, 2.24) is 15.3 Å². The maximum absolute atomic E-state index is 10.4. The van der Waals surface area contributed by atoms with Crippen LogP contribution in [0.1, 0.15) is 5.56 Å². The van der Waals surface area contributed by atoms with Gasteiger partial charge < -0.3 is 20.7 Å². The van der Waals surface area contributed by atoms with Gasteiger partial charge >= 0.3 is 0 Å². The molecule has 0 radical (unpaired) electrons. The van der Waals surface area contributed by atoms with Crippen molar-refractivity contribution in [3.63, 3.8) is 0 Å². The van der Waals surface area contributed by atoms with Crippen LogP contribution >= 0.6 is 11.6 Å². The van der Waals surface area contributed by atoms with Gasteiger partial charge in [0.05, 0.1) is 0 Å². The highest BCUT2D eigenvalue weighted by atomic mass is 35.5. The molecule has 6 heteroatoms. The highest BCUT2D eigenvalue weighted by Gasteiger charge is 2.16. The lowest BCUT2D eigenvalue weighted by molar-refractivity contribution is 0.347. The normalized spacial score (nSPS) is 16.9. The van der Waals surface area contributed by atoms with Crippen molar-refractivity contribution in [2.45, 2.75) is 12.6 Å². The molecule has 0 saturated heterocycles. The molecule has 1 atom stereocenters. The summed E-state index contributed by atoms with van der Waals surface area (Å²) in [5.74, 6) is 0.173. The number of fused-ring (bicyclic) bond motifs is 1. The molecule has 4 N–H and O–H groups in total. The van der Waals surface area contributed by atoms with E-state index in [-0.39, 0.29) is 12.0 Å². The number of pyridine rings is 1. The predicted molar refractivity (Wildman–Crippen MR) is 101 cm³/mol. The average Bonchev–Trinajstić information content (AvgIpc) is 3.02. The summed E-state index contributed by atoms with van der Waals surface area (Å²) in [4.78, 5) is 7.45. The van der Waals surface area contributed by atoms with Gasteiger partial charge in [0, 0.05) is 40.5 Å². The summed E-state index contributed by atoms with van der Waals surface area (Å²) in [6.07, 6.45) is 8.05. The SMILES string of the molecule is OC1=C(Cc2c[nH]c3ncccc23)C=CC(Nc2ccc(Cl)cc2)N1. The van der Waals surface area contributed by atoms with Gasteiger partial charge in [-0.25, -0.2) is 4.98 Å². The van der Waals surface area contributed by atoms with Crippen LogP contribution in [0.5, 0.6) is 0 Å². The molecule has 2 aromatic heterocycles. The van der Waals surface area contributed by atoms with Gasteiger partial charge in [-0.1, -0.05) is 17.7 Å². The summed E-state index contributed by atoms with van der Waals surface area (Å²) in [5.41, 5.74) is 3.71. The monoisotopic (exact) mass is 352 g/mol. The van der Waals surface area contributed by atoms with Crippen molar-refractivity contribution >= 4 is 28.3 Å². The van der Waals surface area contributed by atoms with E-state index in [0.29, 0.717) is 11.4 Å². The number of H-pyrrole nitrogens is 1. The molecule has 1 aromatic carbocycles. The van der Waals surface area contributed by atoms with Gasteiger partial charge in [0.1, 0.15) is 11.8 Å². The number of dihydropyridines is 1. The third kappa shape index (κ3) is 3.32. The maximum Gasteiger partial charge on any atom is 0.189 e. The van der Waals surface area contributed by atoms with Crippen molar-refractivity contribution < 1.29 is 5.11 Å². The van der Waals surface area contributed by atoms with E-state index in [4.69, 9.17) is 11.6 Å². The molecule has 0 bridgehead atoms. The van der Waals surface area contributed by atoms with Crippen molar-refractivity contribution in [3.05, 3.63) is 83.0 Å². The number of halogens is 1. The fourth-order valence-electron chi connectivity index (χ4n) is 2.90. The van der Waals surface area contributed by atoms with Gasteiger partial charge in [-0.3, -0.25) is 0 Å². The Morgan fingerprint density at radius 1 is 1.20 bits per heavy atom. The molecule has 25 heavy (non-hydrogen) atoms. The quantitative estimate of drug-likeness (QED) is 0.569. The molecular weight excluding hydrogens is 336 g/mol. The summed E-state index contributed by atoms with van der Waals surface area (Å²) < 4.78 is 0. The molecule has 0 amide bonds. The number of rotatable bonds is 4. The highest BCUT2D eigenvalue weighted by molar-refractivity contribution is 6.30. The molecule has 0 fully saturated rings. The number of aromatic nitrogens is 2. The molecule has 0 saturated carbocycles. The number of aliphatic hydroxyl groups excluding tert-OH is 1. The first-order valence-corrected chi connectivity index (χ1v) is 8.37. The second-order valence-electron chi connectivity index (χ2n) is 5.90. The van der Waals surface area contributed by atoms with Crippen molar-refractivity contribution in [2.24, 2.45) is 0 Å². The van der Waals surface area contributed by atoms with Crippen LogP contribution < -0.4 is 10.6 Å². The third-order valence-electron chi connectivity index (χ3n) is 4.17. The van der Waals surface area contributed by atoms with Crippen LogP contribution in [0.2, 0.25) is 5.02 Å². The van der Waals surface area contributed by atoms with E-state index in [2.05, 4.69) is 20.6 Å². The Balaban J connectivity index is 1.47. The first-order chi connectivity index (χ1) is 12.2. The largest absolute Gasteiger partial charge is 0.495 e. The number of hydrogen-bond donors (Lipinski definition) is 4. The van der Waals surface area contributed by atoms with Crippen molar-refractivity contribution in [2.75, 3.05) is 5.32 Å². The third-order valence-corrected chi connectivity index (χ3v) is 4.42. The number of benzene rings is 1. The zero-order valence-electron chi connectivity index (χ0n) is 13.3. The van der Waals surface area contributed by atoms with Gasteiger partial charge in [-0.05, 0) is 48.0 Å². The first-order valence-electron chi connectivity index (χ1n) is 7.99. The fourth-order valence-corrected chi connectivity index (χ4v) is 3.02. The Bertz CT molecular complexity index is 959. The van der Waals surface area contributed by atoms with Gasteiger partial charge in [-0.15, -0.1) is 0 Å². The number of aromatic amines is 1. The molecule has 3 heterocycles. The molecule has 0 aliphatic carbocycles. The summed E-state index contributed by atoms with van der Waals surface area (Å²) in [6.45, 7) is 0. The lowest BCUT2D eigenvalue weighted by atomic mass is 10.0. The van der Waals surface area contributed by atoms with E-state index in [0.717, 1.165) is 27.9 Å². The van der Waals surface area contributed by atoms with Gasteiger partial charge in [0.2, 0.25) is 0 Å². The van der Waals surface area contributed by atoms with E-state index in [1.807, 2.05) is 54.7 Å². The van der Waals surface area contributed by atoms with Crippen molar-refractivity contribution in [3.8, 4) is 0 Å². The zero-order chi connectivity index (χ0) is 17.2. The molecule has 5 nitrogen and oxygen atoms in total. The molecule has 4 rings (SSSR count). The summed E-state index contributed by atoms with van der Waals surface area (Å²) in [6, 6.07) is 11.4. The van der Waals surface area contributed by atoms with E-state index in [9.17, 15) is 5.11 Å². The Hall–Kier alpha value is -2.92. The summed E-state index contributed by atoms with van der Waals surface area (Å²) >= 11 is 5.89. The smallest absolute Gasteiger partial charge is 0.189 e. The van der Waals surface area contributed by atoms with Crippen molar-refractivity contribution in [1.29, 1.82) is 0 Å². The minimum atomic E-state index is -0.186. The number of nitrogens with one attached hydrogen (secondary N) is 3. The van der Waals surface area contributed by atoms with E-state index >= 15 is 0 Å². The van der Waals surface area contributed by atoms with Crippen LogP contribution in [0, 0.1) is 0 Å². The number of hydrogen-bond acceptors (Lipinski definition) is 4. The van der Waals surface area contributed by atoms with Crippen LogP contribution in [0.15, 0.2) is 72.4 Å². The Morgan fingerprint density at radius 2 is 2.04 bits per heavy atom. The maximum atomic E-state index is 10.4. The van der Waals surface area contributed by atoms with Crippen LogP contribution in [-0.4, -0.2) is 21.2 Å². The standard InChI is InChI=1S/C19H17ClN4O/c20-14-4-6-15(7-5-14)23-17-8-3-12(19(25)24-17)10-13-11-22-18-16(13)2-1-9-21-18/h1-9,11,17,23-25H,10H2,(H,21,22). The summed E-state index contributed by atoms with van der Waals surface area (Å²) in [7, 11) is 0. The van der Waals surface area contributed by atoms with Gasteiger partial charge in [0.25, 0.3) is 0 Å².